The Bertz CT molecular complexity index is 1090. The third-order valence-corrected chi connectivity index (χ3v) is 6.15. The molecule has 5 nitrogen and oxygen atoms in total. The van der Waals surface area contributed by atoms with Crippen molar-refractivity contribution in [1.82, 2.24) is 9.97 Å². The minimum Gasteiger partial charge on any atom is -0.441 e. The summed E-state index contributed by atoms with van der Waals surface area (Å²) in [5, 5.41) is 0. The second kappa shape index (κ2) is 7.75. The SMILES string of the molecule is Cl.O=C1O[C@]2(CC[C@H](c3nc4cc(C(F)(F)F)ccc4[nH]3)CC2)CN1c1ccccc1. The van der Waals surface area contributed by atoms with Crippen LogP contribution in [-0.4, -0.2) is 28.2 Å². The highest BCUT2D eigenvalue weighted by molar-refractivity contribution is 5.90. The third kappa shape index (κ3) is 3.96. The maximum atomic E-state index is 12.9. The lowest BCUT2D eigenvalue weighted by atomic mass is 9.78. The van der Waals surface area contributed by atoms with Gasteiger partial charge in [-0.1, -0.05) is 18.2 Å². The fourth-order valence-corrected chi connectivity index (χ4v) is 4.50. The van der Waals surface area contributed by atoms with Crippen molar-refractivity contribution in [1.29, 1.82) is 0 Å². The van der Waals surface area contributed by atoms with Crippen LogP contribution in [-0.2, 0) is 10.9 Å². The molecule has 2 aliphatic rings. The van der Waals surface area contributed by atoms with E-state index >= 15 is 0 Å². The Morgan fingerprint density at radius 3 is 2.48 bits per heavy atom. The third-order valence-electron chi connectivity index (χ3n) is 6.15. The van der Waals surface area contributed by atoms with Crippen LogP contribution in [0, 0.1) is 0 Å². The summed E-state index contributed by atoms with van der Waals surface area (Å²) in [4.78, 5) is 21.7. The zero-order chi connectivity index (χ0) is 20.9. The lowest BCUT2D eigenvalue weighted by Gasteiger charge is -2.34. The number of nitrogens with zero attached hydrogens (tertiary/aromatic N) is 2. The Labute approximate surface area is 183 Å². The van der Waals surface area contributed by atoms with Crippen LogP contribution in [0.5, 0.6) is 0 Å². The number of carbonyl (C=O) groups is 1. The van der Waals surface area contributed by atoms with E-state index < -0.39 is 17.3 Å². The van der Waals surface area contributed by atoms with E-state index in [-0.39, 0.29) is 24.4 Å². The van der Waals surface area contributed by atoms with Gasteiger partial charge in [-0.2, -0.15) is 13.2 Å². The second-order valence-electron chi connectivity index (χ2n) is 8.10. The van der Waals surface area contributed by atoms with Crippen molar-refractivity contribution in [3.63, 3.8) is 0 Å². The molecule has 3 aromatic rings. The molecule has 1 N–H and O–H groups in total. The quantitative estimate of drug-likeness (QED) is 0.515. The molecule has 1 amide bonds. The minimum absolute atomic E-state index is 0. The molecule has 1 saturated heterocycles. The van der Waals surface area contributed by atoms with Crippen LogP contribution in [0.15, 0.2) is 48.5 Å². The van der Waals surface area contributed by atoms with E-state index in [1.807, 2.05) is 30.3 Å². The summed E-state index contributed by atoms with van der Waals surface area (Å²) in [7, 11) is 0. The molecule has 9 heteroatoms. The van der Waals surface area contributed by atoms with Gasteiger partial charge in [0.05, 0.1) is 23.1 Å². The molecule has 0 unspecified atom stereocenters. The Morgan fingerprint density at radius 2 is 1.81 bits per heavy atom. The summed E-state index contributed by atoms with van der Waals surface area (Å²) in [6, 6.07) is 13.0. The normalized spacial score (nSPS) is 23.8. The zero-order valence-electron chi connectivity index (χ0n) is 16.5. The second-order valence-corrected chi connectivity index (χ2v) is 8.10. The molecule has 2 heterocycles. The first-order chi connectivity index (χ1) is 14.3. The molecule has 0 bridgehead atoms. The van der Waals surface area contributed by atoms with Crippen molar-refractivity contribution in [3.05, 3.63) is 59.9 Å². The number of imidazole rings is 1. The molecule has 1 aliphatic carbocycles. The Kier molecular flexibility index (Phi) is 5.37. The standard InChI is InChI=1S/C22H20F3N3O2.ClH/c23-22(24,25)15-6-7-17-18(12-15)27-19(26-17)14-8-10-21(11-9-14)13-28(20(29)30-21)16-4-2-1-3-5-16;/h1-7,12,14H,8-11,13H2,(H,26,27);1H/t14-,21-;. The van der Waals surface area contributed by atoms with Crippen molar-refractivity contribution in [2.24, 2.45) is 0 Å². The van der Waals surface area contributed by atoms with Crippen molar-refractivity contribution in [3.8, 4) is 0 Å². The van der Waals surface area contributed by atoms with E-state index in [2.05, 4.69) is 9.97 Å². The van der Waals surface area contributed by atoms with Crippen LogP contribution in [0.1, 0.15) is 43.0 Å². The van der Waals surface area contributed by atoms with Crippen molar-refractivity contribution in [2.45, 2.75) is 43.4 Å². The lowest BCUT2D eigenvalue weighted by molar-refractivity contribution is -0.137. The molecule has 0 radical (unpaired) electrons. The van der Waals surface area contributed by atoms with E-state index in [1.165, 1.54) is 6.07 Å². The number of ether oxygens (including phenoxy) is 1. The van der Waals surface area contributed by atoms with Gasteiger partial charge >= 0.3 is 12.3 Å². The highest BCUT2D eigenvalue weighted by Crippen LogP contribution is 2.43. The number of aromatic nitrogens is 2. The molecule has 0 atom stereocenters. The number of hydrogen-bond donors (Lipinski definition) is 1. The van der Waals surface area contributed by atoms with Crippen molar-refractivity contribution in [2.75, 3.05) is 11.4 Å². The van der Waals surface area contributed by atoms with Crippen molar-refractivity contribution >= 4 is 35.2 Å². The van der Waals surface area contributed by atoms with Crippen LogP contribution < -0.4 is 4.90 Å². The number of nitrogens with one attached hydrogen (secondary N) is 1. The van der Waals surface area contributed by atoms with E-state index in [0.717, 1.165) is 30.7 Å². The van der Waals surface area contributed by atoms with Crippen molar-refractivity contribution < 1.29 is 22.7 Å². The van der Waals surface area contributed by atoms with E-state index in [0.29, 0.717) is 36.2 Å². The lowest BCUT2D eigenvalue weighted by Crippen LogP contribution is -2.38. The highest BCUT2D eigenvalue weighted by Gasteiger charge is 2.48. The predicted molar refractivity (Wildman–Crippen MR) is 113 cm³/mol. The minimum atomic E-state index is -4.39. The first kappa shape index (κ1) is 21.5. The molecular weight excluding hydrogens is 431 g/mol. The molecule has 31 heavy (non-hydrogen) atoms. The Morgan fingerprint density at radius 1 is 1.10 bits per heavy atom. The topological polar surface area (TPSA) is 58.2 Å². The number of fused-ring (bicyclic) bond motifs is 1. The number of hydrogen-bond acceptors (Lipinski definition) is 3. The van der Waals surface area contributed by atoms with Gasteiger partial charge in [0.15, 0.2) is 0 Å². The molecular formula is C22H21ClF3N3O2. The molecule has 2 fully saturated rings. The number of aromatic amines is 1. The summed E-state index contributed by atoms with van der Waals surface area (Å²) in [5.74, 6) is 0.797. The van der Waals surface area contributed by atoms with Gasteiger partial charge in [-0.15, -0.1) is 12.4 Å². The molecule has 2 aromatic carbocycles. The summed E-state index contributed by atoms with van der Waals surface area (Å²) in [6.07, 6.45) is -1.83. The number of benzene rings is 2. The number of para-hydroxylation sites is 1. The highest BCUT2D eigenvalue weighted by atomic mass is 35.5. The Balaban J connectivity index is 0.00000231. The van der Waals surface area contributed by atoms with Gasteiger partial charge in [0.25, 0.3) is 0 Å². The molecule has 5 rings (SSSR count). The van der Waals surface area contributed by atoms with Gasteiger partial charge in [-0.3, -0.25) is 4.90 Å². The summed E-state index contributed by atoms with van der Waals surface area (Å²) in [6.45, 7) is 0.512. The molecule has 1 spiro atoms. The Hall–Kier alpha value is -2.74. The van der Waals surface area contributed by atoms with Crippen LogP contribution in [0.2, 0.25) is 0 Å². The van der Waals surface area contributed by atoms with Crippen LogP contribution in [0.25, 0.3) is 11.0 Å². The van der Waals surface area contributed by atoms with E-state index in [4.69, 9.17) is 4.74 Å². The molecule has 1 aliphatic heterocycles. The van der Waals surface area contributed by atoms with Gasteiger partial charge in [-0.05, 0) is 56.0 Å². The fraction of sp³-hybridized carbons (Fsp3) is 0.364. The zero-order valence-corrected chi connectivity index (χ0v) is 17.3. The number of rotatable bonds is 2. The van der Waals surface area contributed by atoms with Gasteiger partial charge in [-0.25, -0.2) is 9.78 Å². The number of carbonyl (C=O) groups excluding carboxylic acids is 1. The number of H-pyrrole nitrogens is 1. The van der Waals surface area contributed by atoms with Crippen LogP contribution in [0.3, 0.4) is 0 Å². The van der Waals surface area contributed by atoms with Crippen LogP contribution in [0.4, 0.5) is 23.7 Å². The van der Waals surface area contributed by atoms with E-state index in [1.54, 1.807) is 4.90 Å². The van der Waals surface area contributed by atoms with Gasteiger partial charge < -0.3 is 9.72 Å². The monoisotopic (exact) mass is 451 g/mol. The number of halogens is 4. The summed E-state index contributed by atoms with van der Waals surface area (Å²) < 4.78 is 44.6. The van der Waals surface area contributed by atoms with Gasteiger partial charge in [0.1, 0.15) is 11.4 Å². The van der Waals surface area contributed by atoms with E-state index in [9.17, 15) is 18.0 Å². The number of anilines is 1. The average Bonchev–Trinajstić information content (AvgIpc) is 3.29. The summed E-state index contributed by atoms with van der Waals surface area (Å²) in [5.41, 5.74) is 0.524. The number of amides is 1. The molecule has 1 aromatic heterocycles. The van der Waals surface area contributed by atoms with Crippen LogP contribution >= 0.6 is 12.4 Å². The first-order valence-corrected chi connectivity index (χ1v) is 9.95. The summed E-state index contributed by atoms with van der Waals surface area (Å²) >= 11 is 0. The maximum Gasteiger partial charge on any atom is 0.416 e. The largest absolute Gasteiger partial charge is 0.441 e. The molecule has 164 valence electrons. The van der Waals surface area contributed by atoms with Gasteiger partial charge in [0.2, 0.25) is 0 Å². The predicted octanol–water partition coefficient (Wildman–Crippen LogP) is 6.06. The fourth-order valence-electron chi connectivity index (χ4n) is 4.50. The maximum absolute atomic E-state index is 12.9. The molecule has 1 saturated carbocycles. The van der Waals surface area contributed by atoms with Gasteiger partial charge in [0, 0.05) is 11.6 Å². The number of alkyl halides is 3. The first-order valence-electron chi connectivity index (χ1n) is 9.95. The smallest absolute Gasteiger partial charge is 0.416 e. The average molecular weight is 452 g/mol.